The van der Waals surface area contributed by atoms with Crippen molar-refractivity contribution >= 4 is 17.2 Å². The highest BCUT2D eigenvalue weighted by atomic mass is 32.1. The second-order valence-electron chi connectivity index (χ2n) is 5.17. The van der Waals surface area contributed by atoms with Gasteiger partial charge in [0.05, 0.1) is 5.92 Å². The van der Waals surface area contributed by atoms with Crippen molar-refractivity contribution in [2.75, 3.05) is 0 Å². The maximum Gasteiger partial charge on any atom is 0.228 e. The molecular formula is C16H19NO3S. The molecule has 1 heterocycles. The van der Waals surface area contributed by atoms with Gasteiger partial charge in [0.2, 0.25) is 5.91 Å². The SMILES string of the molecule is C[C@H](C(=O)N[C@@H](C)Cc1ccc(O)c(O)c1)c1cccs1. The van der Waals surface area contributed by atoms with E-state index in [0.29, 0.717) is 6.42 Å². The minimum Gasteiger partial charge on any atom is -0.504 e. The average Bonchev–Trinajstić information content (AvgIpc) is 2.96. The van der Waals surface area contributed by atoms with Gasteiger partial charge in [-0.2, -0.15) is 0 Å². The third-order valence-electron chi connectivity index (χ3n) is 3.33. The van der Waals surface area contributed by atoms with Gasteiger partial charge in [0.1, 0.15) is 0 Å². The van der Waals surface area contributed by atoms with Gasteiger partial charge in [-0.05, 0) is 49.4 Å². The van der Waals surface area contributed by atoms with Crippen LogP contribution >= 0.6 is 11.3 Å². The number of aromatic hydroxyl groups is 2. The lowest BCUT2D eigenvalue weighted by atomic mass is 10.0. The fourth-order valence-corrected chi connectivity index (χ4v) is 2.92. The van der Waals surface area contributed by atoms with Gasteiger partial charge in [0, 0.05) is 10.9 Å². The van der Waals surface area contributed by atoms with E-state index in [1.807, 2.05) is 31.4 Å². The molecule has 0 saturated heterocycles. The molecule has 0 spiro atoms. The zero-order chi connectivity index (χ0) is 15.4. The van der Waals surface area contributed by atoms with Crippen molar-refractivity contribution in [1.29, 1.82) is 0 Å². The predicted molar refractivity (Wildman–Crippen MR) is 83.8 cm³/mol. The van der Waals surface area contributed by atoms with Crippen molar-refractivity contribution in [2.45, 2.75) is 32.2 Å². The molecule has 0 fully saturated rings. The Kier molecular flexibility index (Phi) is 4.85. The normalized spacial score (nSPS) is 13.6. The van der Waals surface area contributed by atoms with Crippen molar-refractivity contribution in [3.05, 3.63) is 46.2 Å². The molecule has 1 aromatic carbocycles. The summed E-state index contributed by atoms with van der Waals surface area (Å²) in [6, 6.07) is 8.54. The Labute approximate surface area is 128 Å². The molecule has 112 valence electrons. The van der Waals surface area contributed by atoms with Crippen LogP contribution in [0.2, 0.25) is 0 Å². The maximum absolute atomic E-state index is 12.2. The first kappa shape index (κ1) is 15.4. The zero-order valence-corrected chi connectivity index (χ0v) is 12.9. The van der Waals surface area contributed by atoms with Crippen LogP contribution in [0.1, 0.15) is 30.2 Å². The van der Waals surface area contributed by atoms with E-state index >= 15 is 0 Å². The first-order valence-corrected chi connectivity index (χ1v) is 7.70. The van der Waals surface area contributed by atoms with Crippen LogP contribution in [0.15, 0.2) is 35.7 Å². The van der Waals surface area contributed by atoms with Crippen LogP contribution in [0, 0.1) is 0 Å². The van der Waals surface area contributed by atoms with Crippen LogP contribution in [0.25, 0.3) is 0 Å². The summed E-state index contributed by atoms with van der Waals surface area (Å²) in [5.74, 6) is -0.451. The molecule has 2 atom stereocenters. The average molecular weight is 305 g/mol. The van der Waals surface area contributed by atoms with E-state index in [2.05, 4.69) is 5.32 Å². The van der Waals surface area contributed by atoms with Crippen molar-refractivity contribution in [2.24, 2.45) is 0 Å². The van der Waals surface area contributed by atoms with Crippen LogP contribution in [0.3, 0.4) is 0 Å². The maximum atomic E-state index is 12.2. The molecule has 1 aromatic heterocycles. The quantitative estimate of drug-likeness (QED) is 0.744. The number of hydrogen-bond acceptors (Lipinski definition) is 4. The van der Waals surface area contributed by atoms with E-state index < -0.39 is 0 Å². The predicted octanol–water partition coefficient (Wildman–Crippen LogP) is 3.01. The van der Waals surface area contributed by atoms with Gasteiger partial charge in [-0.3, -0.25) is 4.79 Å². The van der Waals surface area contributed by atoms with Crippen LogP contribution < -0.4 is 5.32 Å². The number of phenols is 2. The Morgan fingerprint density at radius 3 is 2.62 bits per heavy atom. The van der Waals surface area contributed by atoms with Gasteiger partial charge in [-0.15, -0.1) is 11.3 Å². The zero-order valence-electron chi connectivity index (χ0n) is 12.0. The lowest BCUT2D eigenvalue weighted by molar-refractivity contribution is -0.122. The number of thiophene rings is 1. The molecule has 4 nitrogen and oxygen atoms in total. The van der Waals surface area contributed by atoms with E-state index in [9.17, 15) is 15.0 Å². The number of carbonyl (C=O) groups excluding carboxylic acids is 1. The number of hydrogen-bond donors (Lipinski definition) is 3. The van der Waals surface area contributed by atoms with Crippen LogP contribution in [-0.4, -0.2) is 22.2 Å². The fraction of sp³-hybridized carbons (Fsp3) is 0.312. The third kappa shape index (κ3) is 3.98. The minimum absolute atomic E-state index is 0.00653. The smallest absolute Gasteiger partial charge is 0.228 e. The lowest BCUT2D eigenvalue weighted by Crippen LogP contribution is -2.36. The Morgan fingerprint density at radius 2 is 2.00 bits per heavy atom. The Hall–Kier alpha value is -2.01. The number of amides is 1. The number of carbonyl (C=O) groups is 1. The molecule has 2 rings (SSSR count). The summed E-state index contributed by atoms with van der Waals surface area (Å²) in [6.45, 7) is 3.81. The van der Waals surface area contributed by atoms with E-state index in [4.69, 9.17) is 0 Å². The molecule has 1 amide bonds. The molecule has 0 saturated carbocycles. The molecule has 5 heteroatoms. The van der Waals surface area contributed by atoms with Gasteiger partial charge in [-0.1, -0.05) is 12.1 Å². The van der Waals surface area contributed by atoms with Gasteiger partial charge in [0.15, 0.2) is 11.5 Å². The second-order valence-corrected chi connectivity index (χ2v) is 6.15. The lowest BCUT2D eigenvalue weighted by Gasteiger charge is -2.17. The molecule has 0 radical (unpaired) electrons. The topological polar surface area (TPSA) is 69.6 Å². The largest absolute Gasteiger partial charge is 0.504 e. The summed E-state index contributed by atoms with van der Waals surface area (Å²) in [6.07, 6.45) is 0.594. The van der Waals surface area contributed by atoms with Gasteiger partial charge in [0.25, 0.3) is 0 Å². The molecule has 3 N–H and O–H groups in total. The number of phenolic OH excluding ortho intramolecular Hbond substituents is 2. The van der Waals surface area contributed by atoms with E-state index in [0.717, 1.165) is 10.4 Å². The highest BCUT2D eigenvalue weighted by Crippen LogP contribution is 2.25. The first-order chi connectivity index (χ1) is 9.97. The number of rotatable bonds is 5. The van der Waals surface area contributed by atoms with Gasteiger partial charge >= 0.3 is 0 Å². The molecule has 0 aliphatic carbocycles. The minimum atomic E-state index is -0.166. The molecule has 0 bridgehead atoms. The van der Waals surface area contributed by atoms with Crippen LogP contribution in [0.5, 0.6) is 11.5 Å². The molecular weight excluding hydrogens is 286 g/mol. The standard InChI is InChI=1S/C16H19NO3S/c1-10(8-12-5-6-13(18)14(19)9-12)17-16(20)11(2)15-4-3-7-21-15/h3-7,9-11,18-19H,8H2,1-2H3,(H,17,20)/t10-,11-/m0/s1. The third-order valence-corrected chi connectivity index (χ3v) is 4.39. The highest BCUT2D eigenvalue weighted by Gasteiger charge is 2.18. The highest BCUT2D eigenvalue weighted by molar-refractivity contribution is 7.10. The molecule has 0 aliphatic rings. The van der Waals surface area contributed by atoms with Crippen LogP contribution in [0.4, 0.5) is 0 Å². The summed E-state index contributed by atoms with van der Waals surface area (Å²) >= 11 is 1.57. The monoisotopic (exact) mass is 305 g/mol. The van der Waals surface area contributed by atoms with Gasteiger partial charge < -0.3 is 15.5 Å². The summed E-state index contributed by atoms with van der Waals surface area (Å²) < 4.78 is 0. The Morgan fingerprint density at radius 1 is 1.24 bits per heavy atom. The van der Waals surface area contributed by atoms with Crippen molar-refractivity contribution in [1.82, 2.24) is 5.32 Å². The summed E-state index contributed by atoms with van der Waals surface area (Å²) in [5, 5.41) is 23.7. The number of nitrogens with one attached hydrogen (secondary N) is 1. The Balaban J connectivity index is 1.93. The van der Waals surface area contributed by atoms with Gasteiger partial charge in [-0.25, -0.2) is 0 Å². The summed E-state index contributed by atoms with van der Waals surface area (Å²) in [7, 11) is 0. The fourth-order valence-electron chi connectivity index (χ4n) is 2.14. The summed E-state index contributed by atoms with van der Waals surface area (Å²) in [4.78, 5) is 13.2. The molecule has 21 heavy (non-hydrogen) atoms. The second kappa shape index (κ2) is 6.63. The van der Waals surface area contributed by atoms with E-state index in [-0.39, 0.29) is 29.4 Å². The van der Waals surface area contributed by atoms with Crippen molar-refractivity contribution < 1.29 is 15.0 Å². The first-order valence-electron chi connectivity index (χ1n) is 6.82. The van der Waals surface area contributed by atoms with E-state index in [1.165, 1.54) is 12.1 Å². The summed E-state index contributed by atoms with van der Waals surface area (Å²) in [5.41, 5.74) is 0.863. The Bertz CT molecular complexity index is 610. The molecule has 0 aliphatic heterocycles. The molecule has 0 unspecified atom stereocenters. The van der Waals surface area contributed by atoms with Crippen LogP contribution in [-0.2, 0) is 11.2 Å². The molecule has 2 aromatic rings. The van der Waals surface area contributed by atoms with Crippen molar-refractivity contribution in [3.8, 4) is 11.5 Å². The van der Waals surface area contributed by atoms with Crippen molar-refractivity contribution in [3.63, 3.8) is 0 Å². The van der Waals surface area contributed by atoms with E-state index in [1.54, 1.807) is 17.4 Å². The number of benzene rings is 1.